The molecule has 1 saturated heterocycles. The molecule has 2 aliphatic carbocycles. The fourth-order valence-electron chi connectivity index (χ4n) is 3.89. The number of amides is 2. The Morgan fingerprint density at radius 3 is 2.14 bits per heavy atom. The minimum atomic E-state index is -0.266. The van der Waals surface area contributed by atoms with Gasteiger partial charge in [-0.1, -0.05) is 13.8 Å². The molecule has 1 aliphatic heterocycles. The first kappa shape index (κ1) is 15.0. The summed E-state index contributed by atoms with van der Waals surface area (Å²) >= 11 is 0. The van der Waals surface area contributed by atoms with Gasteiger partial charge >= 0.3 is 0 Å². The van der Waals surface area contributed by atoms with Gasteiger partial charge < -0.3 is 5.32 Å². The van der Waals surface area contributed by atoms with Crippen molar-refractivity contribution in [1.29, 1.82) is 0 Å². The van der Waals surface area contributed by atoms with Crippen LogP contribution in [0.2, 0.25) is 0 Å². The first-order valence-corrected chi connectivity index (χ1v) is 8.74. The van der Waals surface area contributed by atoms with Crippen LogP contribution in [-0.2, 0) is 9.59 Å². The molecular formula is C17H28N2O2. The average molecular weight is 292 g/mol. The number of likely N-dealkylation sites (tertiary alicyclic amines) is 1. The molecule has 0 radical (unpaired) electrons. The van der Waals surface area contributed by atoms with E-state index in [0.717, 1.165) is 37.1 Å². The Balaban J connectivity index is 1.56. The fraction of sp³-hybridized carbons (Fsp3) is 0.882. The third-order valence-corrected chi connectivity index (χ3v) is 5.55. The van der Waals surface area contributed by atoms with E-state index in [1.165, 1.54) is 30.6 Å². The quantitative estimate of drug-likeness (QED) is 0.699. The van der Waals surface area contributed by atoms with Gasteiger partial charge in [0, 0.05) is 6.04 Å². The Kier molecular flexibility index (Phi) is 4.34. The van der Waals surface area contributed by atoms with E-state index in [9.17, 15) is 9.59 Å². The van der Waals surface area contributed by atoms with E-state index in [2.05, 4.69) is 5.32 Å². The lowest BCUT2D eigenvalue weighted by molar-refractivity contribution is -0.141. The minimum absolute atomic E-state index is 0.0130. The Hall–Kier alpha value is -0.900. The zero-order chi connectivity index (χ0) is 15.0. The predicted octanol–water partition coefficient (Wildman–Crippen LogP) is 2.33. The predicted molar refractivity (Wildman–Crippen MR) is 81.6 cm³/mol. The average Bonchev–Trinajstić information content (AvgIpc) is 3.36. The summed E-state index contributed by atoms with van der Waals surface area (Å²) in [6.45, 7) is 5.02. The molecule has 21 heavy (non-hydrogen) atoms. The molecule has 3 fully saturated rings. The molecule has 0 bridgehead atoms. The fourth-order valence-corrected chi connectivity index (χ4v) is 3.89. The molecule has 1 unspecified atom stereocenters. The summed E-state index contributed by atoms with van der Waals surface area (Å²) in [5, 5.41) is 3.43. The summed E-state index contributed by atoms with van der Waals surface area (Å²) < 4.78 is 0. The molecule has 4 nitrogen and oxygen atoms in total. The molecule has 0 aromatic carbocycles. The summed E-state index contributed by atoms with van der Waals surface area (Å²) in [5.74, 6) is 2.54. The Bertz CT molecular complexity index is 399. The van der Waals surface area contributed by atoms with Crippen LogP contribution in [0.15, 0.2) is 0 Å². The highest BCUT2D eigenvalue weighted by molar-refractivity contribution is 6.05. The molecule has 1 heterocycles. The largest absolute Gasteiger partial charge is 0.305 e. The van der Waals surface area contributed by atoms with Crippen LogP contribution in [0.1, 0.15) is 58.8 Å². The molecule has 0 spiro atoms. The van der Waals surface area contributed by atoms with Gasteiger partial charge in [0.1, 0.15) is 0 Å². The van der Waals surface area contributed by atoms with Gasteiger partial charge in [0.25, 0.3) is 0 Å². The van der Waals surface area contributed by atoms with E-state index in [1.807, 2.05) is 13.8 Å². The Labute approximate surface area is 127 Å². The SMILES string of the molecule is CCC(CC)N1C(=O)CC(NCC(C2CC2)C2CC2)C1=O. The molecule has 2 amide bonds. The number of nitrogens with one attached hydrogen (secondary N) is 1. The summed E-state index contributed by atoms with van der Waals surface area (Å²) in [6, 6.07) is -0.183. The monoisotopic (exact) mass is 292 g/mol. The van der Waals surface area contributed by atoms with Crippen molar-refractivity contribution >= 4 is 11.8 Å². The Morgan fingerprint density at radius 1 is 1.10 bits per heavy atom. The van der Waals surface area contributed by atoms with Crippen LogP contribution in [0.4, 0.5) is 0 Å². The van der Waals surface area contributed by atoms with Crippen LogP contribution < -0.4 is 5.32 Å². The second kappa shape index (κ2) is 6.07. The maximum Gasteiger partial charge on any atom is 0.247 e. The van der Waals surface area contributed by atoms with E-state index in [4.69, 9.17) is 0 Å². The van der Waals surface area contributed by atoms with Crippen molar-refractivity contribution in [2.75, 3.05) is 6.54 Å². The molecule has 0 aromatic rings. The van der Waals surface area contributed by atoms with Crippen molar-refractivity contribution in [2.24, 2.45) is 17.8 Å². The smallest absolute Gasteiger partial charge is 0.247 e. The lowest BCUT2D eigenvalue weighted by Crippen LogP contribution is -2.44. The molecule has 3 aliphatic rings. The highest BCUT2D eigenvalue weighted by Crippen LogP contribution is 2.48. The van der Waals surface area contributed by atoms with Crippen LogP contribution in [0.5, 0.6) is 0 Å². The summed E-state index contributed by atoms with van der Waals surface area (Å²) in [4.78, 5) is 26.2. The second-order valence-electron chi connectivity index (χ2n) is 7.08. The number of nitrogens with zero attached hydrogens (tertiary/aromatic N) is 1. The van der Waals surface area contributed by atoms with Gasteiger partial charge in [-0.05, 0) is 62.8 Å². The van der Waals surface area contributed by atoms with E-state index in [0.29, 0.717) is 6.42 Å². The molecule has 2 saturated carbocycles. The highest BCUT2D eigenvalue weighted by Gasteiger charge is 2.44. The number of hydrogen-bond acceptors (Lipinski definition) is 3. The molecule has 1 atom stereocenters. The maximum absolute atomic E-state index is 12.5. The molecule has 1 N–H and O–H groups in total. The Morgan fingerprint density at radius 2 is 1.67 bits per heavy atom. The van der Waals surface area contributed by atoms with E-state index < -0.39 is 0 Å². The van der Waals surface area contributed by atoms with Gasteiger partial charge in [-0.15, -0.1) is 0 Å². The summed E-state index contributed by atoms with van der Waals surface area (Å²) in [5.41, 5.74) is 0. The van der Waals surface area contributed by atoms with Gasteiger partial charge in [-0.25, -0.2) is 0 Å². The zero-order valence-electron chi connectivity index (χ0n) is 13.3. The van der Waals surface area contributed by atoms with Gasteiger partial charge in [-0.2, -0.15) is 0 Å². The van der Waals surface area contributed by atoms with Crippen molar-refractivity contribution in [1.82, 2.24) is 10.2 Å². The van der Waals surface area contributed by atoms with Crippen LogP contribution >= 0.6 is 0 Å². The van der Waals surface area contributed by atoms with Crippen molar-refractivity contribution < 1.29 is 9.59 Å². The van der Waals surface area contributed by atoms with E-state index in [1.54, 1.807) is 0 Å². The van der Waals surface area contributed by atoms with Crippen molar-refractivity contribution in [3.05, 3.63) is 0 Å². The number of hydrogen-bond donors (Lipinski definition) is 1. The van der Waals surface area contributed by atoms with Gasteiger partial charge in [0.15, 0.2) is 0 Å². The zero-order valence-corrected chi connectivity index (χ0v) is 13.3. The van der Waals surface area contributed by atoms with Crippen molar-refractivity contribution in [3.8, 4) is 0 Å². The molecule has 0 aromatic heterocycles. The summed E-state index contributed by atoms with van der Waals surface area (Å²) in [7, 11) is 0. The number of rotatable bonds is 8. The standard InChI is InChI=1S/C17H28N2O2/c1-3-13(4-2)19-16(20)9-15(17(19)21)18-10-14(11-5-6-11)12-7-8-12/h11-15,18H,3-10H2,1-2H3. The van der Waals surface area contributed by atoms with Crippen LogP contribution in [0.3, 0.4) is 0 Å². The minimum Gasteiger partial charge on any atom is -0.305 e. The number of imide groups is 1. The highest BCUT2D eigenvalue weighted by atomic mass is 16.2. The number of carbonyl (C=O) groups is 2. The van der Waals surface area contributed by atoms with Crippen molar-refractivity contribution in [2.45, 2.75) is 70.9 Å². The lowest BCUT2D eigenvalue weighted by Gasteiger charge is -2.25. The third-order valence-electron chi connectivity index (χ3n) is 5.55. The second-order valence-corrected chi connectivity index (χ2v) is 7.08. The normalized spacial score (nSPS) is 26.5. The first-order chi connectivity index (χ1) is 10.2. The van der Waals surface area contributed by atoms with Gasteiger partial charge in [0.2, 0.25) is 11.8 Å². The molecule has 4 heteroatoms. The van der Waals surface area contributed by atoms with E-state index >= 15 is 0 Å². The van der Waals surface area contributed by atoms with Gasteiger partial charge in [0.05, 0.1) is 12.5 Å². The maximum atomic E-state index is 12.5. The lowest BCUT2D eigenvalue weighted by atomic mass is 9.97. The molecule has 3 rings (SSSR count). The van der Waals surface area contributed by atoms with Crippen molar-refractivity contribution in [3.63, 3.8) is 0 Å². The van der Waals surface area contributed by atoms with Crippen LogP contribution in [-0.4, -0.2) is 35.3 Å². The van der Waals surface area contributed by atoms with Crippen LogP contribution in [0, 0.1) is 17.8 Å². The third kappa shape index (κ3) is 3.15. The van der Waals surface area contributed by atoms with E-state index in [-0.39, 0.29) is 23.9 Å². The van der Waals surface area contributed by atoms with Crippen LogP contribution in [0.25, 0.3) is 0 Å². The van der Waals surface area contributed by atoms with Gasteiger partial charge in [-0.3, -0.25) is 14.5 Å². The molecule has 118 valence electrons. The topological polar surface area (TPSA) is 49.4 Å². The first-order valence-electron chi connectivity index (χ1n) is 8.74. The number of carbonyl (C=O) groups excluding carboxylic acids is 2. The molecular weight excluding hydrogens is 264 g/mol. The summed E-state index contributed by atoms with van der Waals surface area (Å²) in [6.07, 6.45) is 7.51.